The van der Waals surface area contributed by atoms with Gasteiger partial charge in [0.2, 0.25) is 0 Å². The van der Waals surface area contributed by atoms with E-state index in [0.717, 1.165) is 38.2 Å². The average Bonchev–Trinajstić information content (AvgIpc) is 2.62. The van der Waals surface area contributed by atoms with Crippen molar-refractivity contribution in [2.45, 2.75) is 51.9 Å². The summed E-state index contributed by atoms with van der Waals surface area (Å²) in [6, 6.07) is 1.95. The van der Waals surface area contributed by atoms with Gasteiger partial charge < -0.3 is 10.2 Å². The Bertz CT molecular complexity index is 596. The molecule has 0 saturated carbocycles. The van der Waals surface area contributed by atoms with E-state index in [-0.39, 0.29) is 5.91 Å². The van der Waals surface area contributed by atoms with Crippen LogP contribution in [0.15, 0.2) is 30.1 Å². The first-order valence-electron chi connectivity index (χ1n) is 9.38. The zero-order valence-corrected chi connectivity index (χ0v) is 14.8. The third kappa shape index (κ3) is 4.59. The highest BCUT2D eigenvalue weighted by atomic mass is 16.2. The van der Waals surface area contributed by atoms with E-state index < -0.39 is 0 Å². The molecule has 0 bridgehead atoms. The minimum Gasteiger partial charge on any atom is -0.383 e. The summed E-state index contributed by atoms with van der Waals surface area (Å²) < 4.78 is 0. The van der Waals surface area contributed by atoms with Crippen LogP contribution < -0.4 is 5.32 Å². The van der Waals surface area contributed by atoms with Gasteiger partial charge in [0.1, 0.15) is 0 Å². The highest BCUT2D eigenvalue weighted by Crippen LogP contribution is 2.21. The maximum absolute atomic E-state index is 12.7. The SMILES string of the molecule is CC1CCCN(C(=O)c2cncc(NCCC3=CCCCC3)c2)C1. The van der Waals surface area contributed by atoms with Gasteiger partial charge in [-0.3, -0.25) is 9.78 Å². The second-order valence-corrected chi connectivity index (χ2v) is 7.25. The molecule has 0 spiro atoms. The fourth-order valence-electron chi connectivity index (χ4n) is 3.71. The molecule has 1 amide bonds. The Morgan fingerprint density at radius 3 is 3.04 bits per heavy atom. The maximum atomic E-state index is 12.7. The molecule has 1 aromatic heterocycles. The Balaban J connectivity index is 1.55. The fraction of sp³-hybridized carbons (Fsp3) is 0.600. The second kappa shape index (κ2) is 8.32. The molecule has 1 fully saturated rings. The van der Waals surface area contributed by atoms with Crippen LogP contribution in [-0.4, -0.2) is 35.4 Å². The summed E-state index contributed by atoms with van der Waals surface area (Å²) in [5, 5.41) is 3.42. The van der Waals surface area contributed by atoms with Crippen LogP contribution in [0.25, 0.3) is 0 Å². The van der Waals surface area contributed by atoms with Gasteiger partial charge in [-0.2, -0.15) is 0 Å². The molecule has 0 radical (unpaired) electrons. The number of likely N-dealkylation sites (tertiary alicyclic amines) is 1. The lowest BCUT2D eigenvalue weighted by atomic mass is 9.97. The Morgan fingerprint density at radius 1 is 1.33 bits per heavy atom. The summed E-state index contributed by atoms with van der Waals surface area (Å²) in [5.41, 5.74) is 3.21. The van der Waals surface area contributed by atoms with E-state index in [2.05, 4.69) is 23.3 Å². The van der Waals surface area contributed by atoms with E-state index in [9.17, 15) is 4.79 Å². The first-order chi connectivity index (χ1) is 11.7. The zero-order valence-electron chi connectivity index (χ0n) is 14.8. The average molecular weight is 327 g/mol. The molecule has 1 unspecified atom stereocenters. The van der Waals surface area contributed by atoms with Gasteiger partial charge in [-0.05, 0) is 56.9 Å². The second-order valence-electron chi connectivity index (χ2n) is 7.25. The lowest BCUT2D eigenvalue weighted by molar-refractivity contribution is 0.0682. The van der Waals surface area contributed by atoms with Crippen molar-refractivity contribution >= 4 is 11.6 Å². The summed E-state index contributed by atoms with van der Waals surface area (Å²) in [6.07, 6.45) is 14.4. The lowest BCUT2D eigenvalue weighted by Crippen LogP contribution is -2.39. The van der Waals surface area contributed by atoms with Crippen molar-refractivity contribution in [3.63, 3.8) is 0 Å². The normalized spacial score (nSPS) is 21.3. The lowest BCUT2D eigenvalue weighted by Gasteiger charge is -2.31. The fourth-order valence-corrected chi connectivity index (χ4v) is 3.71. The molecule has 4 nitrogen and oxygen atoms in total. The molecule has 1 atom stereocenters. The van der Waals surface area contributed by atoms with Crippen LogP contribution in [0.3, 0.4) is 0 Å². The number of allylic oxidation sites excluding steroid dienone is 1. The third-order valence-electron chi connectivity index (χ3n) is 5.09. The topological polar surface area (TPSA) is 45.2 Å². The Morgan fingerprint density at radius 2 is 2.25 bits per heavy atom. The van der Waals surface area contributed by atoms with E-state index in [1.54, 1.807) is 11.8 Å². The van der Waals surface area contributed by atoms with E-state index in [1.165, 1.54) is 32.1 Å². The van der Waals surface area contributed by atoms with Crippen LogP contribution >= 0.6 is 0 Å². The number of nitrogens with zero attached hydrogens (tertiary/aromatic N) is 2. The maximum Gasteiger partial charge on any atom is 0.255 e. The summed E-state index contributed by atoms with van der Waals surface area (Å²) in [5.74, 6) is 0.716. The quantitative estimate of drug-likeness (QED) is 0.822. The molecule has 4 heteroatoms. The van der Waals surface area contributed by atoms with E-state index in [4.69, 9.17) is 0 Å². The van der Waals surface area contributed by atoms with Gasteiger partial charge in [0.05, 0.1) is 11.3 Å². The third-order valence-corrected chi connectivity index (χ3v) is 5.09. The minimum absolute atomic E-state index is 0.118. The molecule has 3 rings (SSSR count). The number of hydrogen-bond acceptors (Lipinski definition) is 3. The first kappa shape index (κ1) is 17.0. The first-order valence-corrected chi connectivity index (χ1v) is 9.38. The molecular weight excluding hydrogens is 298 g/mol. The predicted octanol–water partition coefficient (Wildman–Crippen LogP) is 4.26. The van der Waals surface area contributed by atoms with Crippen LogP contribution in [0.5, 0.6) is 0 Å². The van der Waals surface area contributed by atoms with Crippen LogP contribution in [0.2, 0.25) is 0 Å². The standard InChI is InChI=1S/C20H29N3O/c1-16-6-5-11-23(15-16)20(24)18-12-19(14-21-13-18)22-10-9-17-7-3-2-4-8-17/h7,12-14,16,22H,2-6,8-11,15H2,1H3. The highest BCUT2D eigenvalue weighted by Gasteiger charge is 2.22. The number of aromatic nitrogens is 1. The van der Waals surface area contributed by atoms with Gasteiger partial charge in [-0.1, -0.05) is 18.6 Å². The molecule has 1 N–H and O–H groups in total. The number of rotatable bonds is 5. The molecule has 24 heavy (non-hydrogen) atoms. The Hall–Kier alpha value is -1.84. The van der Waals surface area contributed by atoms with Crippen LogP contribution in [0.1, 0.15) is 62.2 Å². The number of pyridine rings is 1. The van der Waals surface area contributed by atoms with E-state index >= 15 is 0 Å². The number of carbonyl (C=O) groups is 1. The van der Waals surface area contributed by atoms with Gasteiger partial charge in [0, 0.05) is 32.0 Å². The number of nitrogens with one attached hydrogen (secondary N) is 1. The van der Waals surface area contributed by atoms with Gasteiger partial charge in [0.25, 0.3) is 5.91 Å². The van der Waals surface area contributed by atoms with Crippen LogP contribution in [-0.2, 0) is 0 Å². The molecule has 1 aliphatic heterocycles. The zero-order chi connectivity index (χ0) is 16.8. The molecule has 1 aliphatic carbocycles. The molecule has 0 aromatic carbocycles. The van der Waals surface area contributed by atoms with Crippen LogP contribution in [0, 0.1) is 5.92 Å². The molecular formula is C20H29N3O. The van der Waals surface area contributed by atoms with Gasteiger partial charge >= 0.3 is 0 Å². The molecule has 2 heterocycles. The molecule has 1 saturated heterocycles. The molecule has 2 aliphatic rings. The summed E-state index contributed by atoms with van der Waals surface area (Å²) in [6.45, 7) is 4.86. The number of carbonyl (C=O) groups excluding carboxylic acids is 1. The van der Waals surface area contributed by atoms with Crippen molar-refractivity contribution in [1.82, 2.24) is 9.88 Å². The number of piperidine rings is 1. The van der Waals surface area contributed by atoms with E-state index in [0.29, 0.717) is 11.5 Å². The monoisotopic (exact) mass is 327 g/mol. The Labute approximate surface area is 145 Å². The smallest absolute Gasteiger partial charge is 0.255 e. The van der Waals surface area contributed by atoms with Crippen molar-refractivity contribution in [3.8, 4) is 0 Å². The van der Waals surface area contributed by atoms with Crippen molar-refractivity contribution in [1.29, 1.82) is 0 Å². The van der Waals surface area contributed by atoms with Crippen LogP contribution in [0.4, 0.5) is 5.69 Å². The van der Waals surface area contributed by atoms with Gasteiger partial charge in [-0.15, -0.1) is 0 Å². The Kier molecular flexibility index (Phi) is 5.89. The van der Waals surface area contributed by atoms with Crippen molar-refractivity contribution < 1.29 is 4.79 Å². The van der Waals surface area contributed by atoms with Gasteiger partial charge in [0.15, 0.2) is 0 Å². The van der Waals surface area contributed by atoms with Crippen molar-refractivity contribution in [2.75, 3.05) is 25.0 Å². The number of hydrogen-bond donors (Lipinski definition) is 1. The van der Waals surface area contributed by atoms with Crippen molar-refractivity contribution in [2.24, 2.45) is 5.92 Å². The summed E-state index contributed by atoms with van der Waals surface area (Å²) in [7, 11) is 0. The van der Waals surface area contributed by atoms with Crippen molar-refractivity contribution in [3.05, 3.63) is 35.7 Å². The van der Waals surface area contributed by atoms with Gasteiger partial charge in [-0.25, -0.2) is 0 Å². The summed E-state index contributed by atoms with van der Waals surface area (Å²) >= 11 is 0. The number of amides is 1. The minimum atomic E-state index is 0.118. The number of anilines is 1. The molecule has 130 valence electrons. The highest BCUT2D eigenvalue weighted by molar-refractivity contribution is 5.94. The summed E-state index contributed by atoms with van der Waals surface area (Å²) in [4.78, 5) is 18.9. The molecule has 1 aromatic rings. The van der Waals surface area contributed by atoms with E-state index in [1.807, 2.05) is 17.2 Å². The largest absolute Gasteiger partial charge is 0.383 e. The predicted molar refractivity (Wildman–Crippen MR) is 98.2 cm³/mol.